The Balaban J connectivity index is 1.99. The van der Waals surface area contributed by atoms with Crippen molar-refractivity contribution < 1.29 is 0 Å². The van der Waals surface area contributed by atoms with Gasteiger partial charge < -0.3 is 11.1 Å². The number of nitrogens with zero attached hydrogens (tertiary/aromatic N) is 1. The van der Waals surface area contributed by atoms with Crippen LogP contribution in [0.3, 0.4) is 0 Å². The highest BCUT2D eigenvalue weighted by molar-refractivity contribution is 5.62. The molecule has 1 saturated carbocycles. The van der Waals surface area contributed by atoms with Crippen molar-refractivity contribution in [3.63, 3.8) is 0 Å². The average molecular weight is 243 g/mol. The standard InChI is InChI=1S/C15H21N3/c1-11-4-2-3-5-12(11)10-18-15-7-6-14(17)8-13(15)9-16/h6-8,11-12,18H,2-5,10,17H2,1H3. The number of nitrogens with one attached hydrogen (secondary N) is 1. The van der Waals surface area contributed by atoms with Crippen LogP contribution in [0.25, 0.3) is 0 Å². The lowest BCUT2D eigenvalue weighted by atomic mass is 9.80. The van der Waals surface area contributed by atoms with E-state index in [1.165, 1.54) is 25.7 Å². The normalized spacial score (nSPS) is 23.3. The Morgan fingerprint density at radius 1 is 1.39 bits per heavy atom. The molecule has 2 unspecified atom stereocenters. The Hall–Kier alpha value is -1.69. The fourth-order valence-electron chi connectivity index (χ4n) is 2.75. The SMILES string of the molecule is CC1CCCCC1CNc1ccc(N)cc1C#N. The molecule has 0 spiro atoms. The van der Waals surface area contributed by atoms with Crippen LogP contribution in [0.5, 0.6) is 0 Å². The van der Waals surface area contributed by atoms with Gasteiger partial charge in [-0.25, -0.2) is 0 Å². The van der Waals surface area contributed by atoms with Crippen molar-refractivity contribution in [2.75, 3.05) is 17.6 Å². The molecule has 18 heavy (non-hydrogen) atoms. The van der Waals surface area contributed by atoms with E-state index in [4.69, 9.17) is 11.0 Å². The van der Waals surface area contributed by atoms with Crippen LogP contribution in [0.1, 0.15) is 38.2 Å². The fraction of sp³-hybridized carbons (Fsp3) is 0.533. The Morgan fingerprint density at radius 3 is 2.89 bits per heavy atom. The number of anilines is 2. The molecule has 2 rings (SSSR count). The fourth-order valence-corrected chi connectivity index (χ4v) is 2.75. The van der Waals surface area contributed by atoms with E-state index >= 15 is 0 Å². The molecule has 0 saturated heterocycles. The van der Waals surface area contributed by atoms with Gasteiger partial charge in [-0.15, -0.1) is 0 Å². The van der Waals surface area contributed by atoms with Crippen LogP contribution in [-0.2, 0) is 0 Å². The Bertz CT molecular complexity index is 448. The van der Waals surface area contributed by atoms with Gasteiger partial charge in [0, 0.05) is 12.2 Å². The minimum Gasteiger partial charge on any atom is -0.399 e. The molecule has 0 heterocycles. The zero-order valence-electron chi connectivity index (χ0n) is 10.9. The summed E-state index contributed by atoms with van der Waals surface area (Å²) < 4.78 is 0. The maximum atomic E-state index is 9.09. The molecule has 3 nitrogen and oxygen atoms in total. The molecule has 1 aromatic rings. The van der Waals surface area contributed by atoms with Crippen LogP contribution >= 0.6 is 0 Å². The van der Waals surface area contributed by atoms with Gasteiger partial charge in [-0.2, -0.15) is 5.26 Å². The average Bonchev–Trinajstić information content (AvgIpc) is 2.39. The molecule has 0 bridgehead atoms. The monoisotopic (exact) mass is 243 g/mol. The molecule has 0 radical (unpaired) electrons. The number of benzene rings is 1. The molecule has 2 atom stereocenters. The molecule has 1 aromatic carbocycles. The first-order chi connectivity index (χ1) is 8.70. The van der Waals surface area contributed by atoms with Crippen molar-refractivity contribution in [3.8, 4) is 6.07 Å². The van der Waals surface area contributed by atoms with Crippen LogP contribution in [0.15, 0.2) is 18.2 Å². The molecule has 3 heteroatoms. The second-order valence-corrected chi connectivity index (χ2v) is 5.32. The smallest absolute Gasteiger partial charge is 0.101 e. The van der Waals surface area contributed by atoms with Crippen LogP contribution in [0.4, 0.5) is 11.4 Å². The second-order valence-electron chi connectivity index (χ2n) is 5.32. The summed E-state index contributed by atoms with van der Waals surface area (Å²) in [4.78, 5) is 0. The highest BCUT2D eigenvalue weighted by atomic mass is 14.9. The Labute approximate surface area is 109 Å². The number of nitrogen functional groups attached to an aromatic ring is 1. The van der Waals surface area contributed by atoms with E-state index in [0.29, 0.717) is 11.3 Å². The lowest BCUT2D eigenvalue weighted by molar-refractivity contribution is 0.268. The third-order valence-electron chi connectivity index (χ3n) is 4.01. The van der Waals surface area contributed by atoms with Gasteiger partial charge in [-0.05, 0) is 36.5 Å². The predicted octanol–water partition coefficient (Wildman–Crippen LogP) is 3.38. The highest BCUT2D eigenvalue weighted by Gasteiger charge is 2.21. The molecule has 0 aliphatic heterocycles. The van der Waals surface area contributed by atoms with E-state index in [-0.39, 0.29) is 0 Å². The van der Waals surface area contributed by atoms with Gasteiger partial charge in [0.1, 0.15) is 6.07 Å². The van der Waals surface area contributed by atoms with E-state index < -0.39 is 0 Å². The third-order valence-corrected chi connectivity index (χ3v) is 4.01. The molecule has 0 amide bonds. The van der Waals surface area contributed by atoms with Crippen molar-refractivity contribution in [1.29, 1.82) is 5.26 Å². The topological polar surface area (TPSA) is 61.8 Å². The lowest BCUT2D eigenvalue weighted by Crippen LogP contribution is -2.24. The van der Waals surface area contributed by atoms with Crippen molar-refractivity contribution in [2.45, 2.75) is 32.6 Å². The van der Waals surface area contributed by atoms with Crippen molar-refractivity contribution in [1.82, 2.24) is 0 Å². The Morgan fingerprint density at radius 2 is 2.17 bits per heavy atom. The molecular weight excluding hydrogens is 222 g/mol. The van der Waals surface area contributed by atoms with Crippen LogP contribution < -0.4 is 11.1 Å². The summed E-state index contributed by atoms with van der Waals surface area (Å²) in [5.41, 5.74) is 7.87. The lowest BCUT2D eigenvalue weighted by Gasteiger charge is -2.29. The summed E-state index contributed by atoms with van der Waals surface area (Å²) in [6.45, 7) is 3.29. The number of hydrogen-bond donors (Lipinski definition) is 2. The highest BCUT2D eigenvalue weighted by Crippen LogP contribution is 2.30. The summed E-state index contributed by atoms with van der Waals surface area (Å²) in [6, 6.07) is 7.67. The van der Waals surface area contributed by atoms with E-state index in [9.17, 15) is 0 Å². The molecule has 3 N–H and O–H groups in total. The van der Waals surface area contributed by atoms with Gasteiger partial charge in [0.05, 0.1) is 11.3 Å². The molecule has 1 aliphatic rings. The zero-order valence-corrected chi connectivity index (χ0v) is 10.9. The van der Waals surface area contributed by atoms with Gasteiger partial charge in [0.25, 0.3) is 0 Å². The molecule has 96 valence electrons. The number of hydrogen-bond acceptors (Lipinski definition) is 3. The summed E-state index contributed by atoms with van der Waals surface area (Å²) in [7, 11) is 0. The second kappa shape index (κ2) is 5.77. The summed E-state index contributed by atoms with van der Waals surface area (Å²) in [6.07, 6.45) is 5.33. The molecule has 1 fully saturated rings. The summed E-state index contributed by atoms with van der Waals surface area (Å²) in [5, 5.41) is 12.5. The predicted molar refractivity (Wildman–Crippen MR) is 75.2 cm³/mol. The first kappa shape index (κ1) is 12.8. The van der Waals surface area contributed by atoms with Crippen molar-refractivity contribution in [2.24, 2.45) is 11.8 Å². The third kappa shape index (κ3) is 2.95. The minimum absolute atomic E-state index is 0.637. The molecule has 0 aromatic heterocycles. The van der Waals surface area contributed by atoms with Gasteiger partial charge in [0.2, 0.25) is 0 Å². The van der Waals surface area contributed by atoms with E-state index in [2.05, 4.69) is 18.3 Å². The zero-order chi connectivity index (χ0) is 13.0. The van der Waals surface area contributed by atoms with E-state index in [1.807, 2.05) is 12.1 Å². The number of rotatable bonds is 3. The van der Waals surface area contributed by atoms with E-state index in [1.54, 1.807) is 6.07 Å². The molecule has 1 aliphatic carbocycles. The summed E-state index contributed by atoms with van der Waals surface area (Å²) >= 11 is 0. The van der Waals surface area contributed by atoms with Crippen LogP contribution in [0.2, 0.25) is 0 Å². The van der Waals surface area contributed by atoms with Crippen molar-refractivity contribution in [3.05, 3.63) is 23.8 Å². The largest absolute Gasteiger partial charge is 0.399 e. The Kier molecular flexibility index (Phi) is 4.09. The van der Waals surface area contributed by atoms with Crippen LogP contribution in [0, 0.1) is 23.2 Å². The van der Waals surface area contributed by atoms with Crippen molar-refractivity contribution >= 4 is 11.4 Å². The van der Waals surface area contributed by atoms with Crippen LogP contribution in [-0.4, -0.2) is 6.54 Å². The summed E-state index contributed by atoms with van der Waals surface area (Å²) in [5.74, 6) is 1.51. The van der Waals surface area contributed by atoms with Gasteiger partial charge in [0.15, 0.2) is 0 Å². The van der Waals surface area contributed by atoms with Gasteiger partial charge in [-0.3, -0.25) is 0 Å². The molecular formula is C15H21N3. The number of nitriles is 1. The number of nitrogens with two attached hydrogens (primary N) is 1. The van der Waals surface area contributed by atoms with Gasteiger partial charge >= 0.3 is 0 Å². The minimum atomic E-state index is 0.637. The first-order valence-corrected chi connectivity index (χ1v) is 6.74. The van der Waals surface area contributed by atoms with E-state index in [0.717, 1.165) is 24.1 Å². The first-order valence-electron chi connectivity index (χ1n) is 6.74. The quantitative estimate of drug-likeness (QED) is 0.800. The maximum absolute atomic E-state index is 9.09. The maximum Gasteiger partial charge on any atom is 0.101 e. The van der Waals surface area contributed by atoms with Gasteiger partial charge in [-0.1, -0.05) is 26.2 Å².